The first-order valence-corrected chi connectivity index (χ1v) is 11.2. The van der Waals surface area contributed by atoms with E-state index in [4.69, 9.17) is 48.7 Å². The van der Waals surface area contributed by atoms with Gasteiger partial charge in [0.1, 0.15) is 11.5 Å². The number of rotatable bonds is 4. The van der Waals surface area contributed by atoms with E-state index in [9.17, 15) is 9.59 Å². The van der Waals surface area contributed by atoms with E-state index in [1.54, 1.807) is 42.5 Å². The molecule has 2 aromatic carbocycles. The van der Waals surface area contributed by atoms with Crippen molar-refractivity contribution in [3.8, 4) is 22.8 Å². The molecule has 1 saturated heterocycles. The maximum Gasteiger partial charge on any atom is 0.293 e. The van der Waals surface area contributed by atoms with Crippen molar-refractivity contribution in [1.29, 1.82) is 0 Å². The number of hydrogen-bond acceptors (Lipinski definition) is 6. The molecular weight excluding hydrogens is 497 g/mol. The fourth-order valence-corrected chi connectivity index (χ4v) is 4.81. The molecule has 3 heterocycles. The quantitative estimate of drug-likeness (QED) is 0.358. The van der Waals surface area contributed by atoms with E-state index in [0.717, 1.165) is 16.7 Å². The first-order chi connectivity index (χ1) is 15.4. The Morgan fingerprint density at radius 3 is 2.53 bits per heavy atom. The topological polar surface area (TPSA) is 69.0 Å². The van der Waals surface area contributed by atoms with Gasteiger partial charge in [0.15, 0.2) is 11.5 Å². The average Bonchev–Trinajstić information content (AvgIpc) is 3.45. The monoisotopic (exact) mass is 507 g/mol. The summed E-state index contributed by atoms with van der Waals surface area (Å²) in [5, 5.41) is 0.941. The number of halogens is 3. The SMILES string of the molecule is O=C1SC(=Cc2ccc(-c3ccc(Cl)cc3Cl)o2)C(=O)N1Cc1cc2c(cc1Cl)OCO2. The van der Waals surface area contributed by atoms with Gasteiger partial charge >= 0.3 is 0 Å². The zero-order valence-corrected chi connectivity index (χ0v) is 19.1. The molecule has 162 valence electrons. The second-order valence-corrected chi connectivity index (χ2v) is 9.13. The van der Waals surface area contributed by atoms with Crippen LogP contribution in [0.3, 0.4) is 0 Å². The molecule has 6 nitrogen and oxygen atoms in total. The summed E-state index contributed by atoms with van der Waals surface area (Å²) in [6.45, 7) is 0.118. The summed E-state index contributed by atoms with van der Waals surface area (Å²) in [6.07, 6.45) is 1.53. The minimum Gasteiger partial charge on any atom is -0.457 e. The Kier molecular flexibility index (Phi) is 5.59. The summed E-state index contributed by atoms with van der Waals surface area (Å²) in [7, 11) is 0. The van der Waals surface area contributed by atoms with Crippen molar-refractivity contribution < 1.29 is 23.5 Å². The first-order valence-electron chi connectivity index (χ1n) is 9.28. The zero-order chi connectivity index (χ0) is 22.4. The van der Waals surface area contributed by atoms with Crippen molar-refractivity contribution in [2.24, 2.45) is 0 Å². The van der Waals surface area contributed by atoms with Gasteiger partial charge in [-0.05, 0) is 53.7 Å². The molecule has 0 unspecified atom stereocenters. The van der Waals surface area contributed by atoms with Gasteiger partial charge in [0, 0.05) is 27.8 Å². The molecule has 0 radical (unpaired) electrons. The first kappa shape index (κ1) is 21.3. The molecule has 2 aliphatic rings. The van der Waals surface area contributed by atoms with Gasteiger partial charge in [0.25, 0.3) is 11.1 Å². The molecular formula is C22H12Cl3NO5S. The molecule has 0 N–H and O–H groups in total. The number of imide groups is 1. The van der Waals surface area contributed by atoms with E-state index in [1.807, 2.05) is 0 Å². The number of ether oxygens (including phenoxy) is 2. The third-order valence-corrected chi connectivity index (χ3v) is 6.65. The number of hydrogen-bond donors (Lipinski definition) is 0. The number of amides is 2. The normalized spacial score (nSPS) is 16.5. The van der Waals surface area contributed by atoms with Gasteiger partial charge in [0.05, 0.1) is 16.5 Å². The standard InChI is InChI=1S/C22H12Cl3NO5S/c23-12-1-3-14(16(25)6-12)17-4-2-13(31-17)7-20-21(27)26(22(28)32-20)9-11-5-18-19(8-15(11)24)30-10-29-18/h1-8H,9-10H2. The molecule has 0 saturated carbocycles. The fourth-order valence-electron chi connectivity index (χ4n) is 3.28. The Morgan fingerprint density at radius 2 is 1.75 bits per heavy atom. The van der Waals surface area contributed by atoms with Gasteiger partial charge in [-0.1, -0.05) is 34.8 Å². The highest BCUT2D eigenvalue weighted by Crippen LogP contribution is 2.40. The van der Waals surface area contributed by atoms with Crippen LogP contribution in [0, 0.1) is 0 Å². The molecule has 5 rings (SSSR count). The molecule has 0 spiro atoms. The minimum atomic E-state index is -0.434. The van der Waals surface area contributed by atoms with Crippen LogP contribution in [0.4, 0.5) is 4.79 Å². The van der Waals surface area contributed by atoms with E-state index >= 15 is 0 Å². The summed E-state index contributed by atoms with van der Waals surface area (Å²) in [6, 6.07) is 11.8. The second kappa shape index (κ2) is 8.41. The molecule has 1 fully saturated rings. The summed E-state index contributed by atoms with van der Waals surface area (Å²) < 4.78 is 16.4. The molecule has 10 heteroatoms. The number of carbonyl (C=O) groups excluding carboxylic acids is 2. The van der Waals surface area contributed by atoms with E-state index in [-0.39, 0.29) is 18.2 Å². The van der Waals surface area contributed by atoms with Crippen LogP contribution in [0.15, 0.2) is 51.8 Å². The van der Waals surface area contributed by atoms with Crippen LogP contribution in [0.1, 0.15) is 11.3 Å². The van der Waals surface area contributed by atoms with E-state index in [2.05, 4.69) is 0 Å². The van der Waals surface area contributed by atoms with Crippen molar-refractivity contribution in [3.05, 3.63) is 73.8 Å². The molecule has 0 atom stereocenters. The number of furan rings is 1. The van der Waals surface area contributed by atoms with Crippen molar-refractivity contribution in [1.82, 2.24) is 4.90 Å². The molecule has 2 aliphatic heterocycles. The second-order valence-electron chi connectivity index (χ2n) is 6.89. The summed E-state index contributed by atoms with van der Waals surface area (Å²) in [5.74, 6) is 1.55. The van der Waals surface area contributed by atoms with Gasteiger partial charge in [0.2, 0.25) is 6.79 Å². The maximum absolute atomic E-state index is 12.9. The molecule has 2 amide bonds. The Bertz CT molecular complexity index is 1300. The van der Waals surface area contributed by atoms with Crippen molar-refractivity contribution in [2.75, 3.05) is 6.79 Å². The predicted octanol–water partition coefficient (Wildman–Crippen LogP) is 6.87. The third kappa shape index (κ3) is 3.97. The van der Waals surface area contributed by atoms with Crippen LogP contribution in [0.5, 0.6) is 11.5 Å². The van der Waals surface area contributed by atoms with Gasteiger partial charge in [-0.25, -0.2) is 0 Å². The van der Waals surface area contributed by atoms with Crippen LogP contribution in [-0.2, 0) is 11.3 Å². The number of fused-ring (bicyclic) bond motifs is 1. The Morgan fingerprint density at radius 1 is 0.969 bits per heavy atom. The van der Waals surface area contributed by atoms with Gasteiger partial charge in [-0.3, -0.25) is 14.5 Å². The highest BCUT2D eigenvalue weighted by Gasteiger charge is 2.36. The van der Waals surface area contributed by atoms with Crippen molar-refractivity contribution >= 4 is 63.8 Å². The number of carbonyl (C=O) groups is 2. The number of thioether (sulfide) groups is 1. The Balaban J connectivity index is 1.37. The largest absolute Gasteiger partial charge is 0.457 e. The molecule has 3 aromatic rings. The van der Waals surface area contributed by atoms with Crippen LogP contribution in [0.2, 0.25) is 15.1 Å². The van der Waals surface area contributed by atoms with E-state index < -0.39 is 11.1 Å². The number of nitrogens with zero attached hydrogens (tertiary/aromatic N) is 1. The van der Waals surface area contributed by atoms with Crippen LogP contribution in [-0.4, -0.2) is 22.8 Å². The van der Waals surface area contributed by atoms with Crippen molar-refractivity contribution in [3.63, 3.8) is 0 Å². The van der Waals surface area contributed by atoms with E-state index in [0.29, 0.717) is 49.2 Å². The van der Waals surface area contributed by atoms with Gasteiger partial charge in [-0.2, -0.15) is 0 Å². The minimum absolute atomic E-state index is 0.0151. The summed E-state index contributed by atoms with van der Waals surface area (Å²) in [4.78, 5) is 26.8. The Labute approximate surface area is 201 Å². The lowest BCUT2D eigenvalue weighted by Crippen LogP contribution is -2.27. The van der Waals surface area contributed by atoms with E-state index in [1.165, 1.54) is 6.08 Å². The molecule has 1 aromatic heterocycles. The van der Waals surface area contributed by atoms with Crippen LogP contribution < -0.4 is 9.47 Å². The lowest BCUT2D eigenvalue weighted by Gasteiger charge is -2.14. The predicted molar refractivity (Wildman–Crippen MR) is 123 cm³/mol. The summed E-state index contributed by atoms with van der Waals surface area (Å²) in [5.41, 5.74) is 1.25. The molecule has 0 bridgehead atoms. The highest BCUT2D eigenvalue weighted by molar-refractivity contribution is 8.18. The smallest absolute Gasteiger partial charge is 0.293 e. The lowest BCUT2D eigenvalue weighted by atomic mass is 10.2. The number of benzene rings is 2. The third-order valence-electron chi connectivity index (χ3n) is 4.84. The van der Waals surface area contributed by atoms with Gasteiger partial charge < -0.3 is 13.9 Å². The van der Waals surface area contributed by atoms with Gasteiger partial charge in [-0.15, -0.1) is 0 Å². The summed E-state index contributed by atoms with van der Waals surface area (Å²) >= 11 is 19.3. The van der Waals surface area contributed by atoms with Crippen molar-refractivity contribution in [2.45, 2.75) is 6.54 Å². The highest BCUT2D eigenvalue weighted by atomic mass is 35.5. The fraction of sp³-hybridized carbons (Fsp3) is 0.0909. The molecule has 32 heavy (non-hydrogen) atoms. The lowest BCUT2D eigenvalue weighted by molar-refractivity contribution is -0.123. The van der Waals surface area contributed by atoms with Crippen LogP contribution in [0.25, 0.3) is 17.4 Å². The van der Waals surface area contributed by atoms with Crippen LogP contribution >= 0.6 is 46.6 Å². The zero-order valence-electron chi connectivity index (χ0n) is 16.1. The molecule has 0 aliphatic carbocycles. The average molecular weight is 509 g/mol. The maximum atomic E-state index is 12.9. The Hall–Kier alpha value is -2.58.